The van der Waals surface area contributed by atoms with Crippen LogP contribution in [0.2, 0.25) is 0 Å². The second-order valence-corrected chi connectivity index (χ2v) is 6.29. The van der Waals surface area contributed by atoms with Crippen LogP contribution in [0.4, 0.5) is 0 Å². The van der Waals surface area contributed by atoms with E-state index in [0.717, 1.165) is 35.8 Å². The van der Waals surface area contributed by atoms with Crippen molar-refractivity contribution >= 4 is 11.3 Å². The van der Waals surface area contributed by atoms with Crippen LogP contribution in [0.5, 0.6) is 5.75 Å². The summed E-state index contributed by atoms with van der Waals surface area (Å²) in [7, 11) is 0. The van der Waals surface area contributed by atoms with Gasteiger partial charge in [-0.25, -0.2) is 4.98 Å². The van der Waals surface area contributed by atoms with Crippen LogP contribution in [0.1, 0.15) is 46.9 Å². The average molecular weight is 288 g/mol. The lowest BCUT2D eigenvalue weighted by molar-refractivity contribution is 0.317. The molecule has 1 aliphatic rings. The Hall–Kier alpha value is -1.39. The number of rotatable bonds is 5. The van der Waals surface area contributed by atoms with Gasteiger partial charge in [-0.05, 0) is 43.4 Å². The van der Waals surface area contributed by atoms with Crippen LogP contribution in [-0.4, -0.2) is 11.6 Å². The third-order valence-corrected chi connectivity index (χ3v) is 4.81. The van der Waals surface area contributed by atoms with Crippen molar-refractivity contribution in [3.63, 3.8) is 0 Å². The molecule has 0 amide bonds. The first kappa shape index (κ1) is 13.6. The predicted octanol–water partition coefficient (Wildman–Crippen LogP) is 3.47. The van der Waals surface area contributed by atoms with Gasteiger partial charge in [-0.1, -0.05) is 19.1 Å². The summed E-state index contributed by atoms with van der Waals surface area (Å²) in [6.45, 7) is 2.84. The smallest absolute Gasteiger partial charge is 0.119 e. The molecule has 0 bridgehead atoms. The molecule has 1 aromatic carbocycles. The Bertz CT molecular complexity index is 572. The van der Waals surface area contributed by atoms with Crippen LogP contribution in [0.25, 0.3) is 0 Å². The van der Waals surface area contributed by atoms with Gasteiger partial charge >= 0.3 is 0 Å². The van der Waals surface area contributed by atoms with E-state index in [4.69, 9.17) is 15.5 Å². The number of fused-ring (bicyclic) bond motifs is 1. The van der Waals surface area contributed by atoms with Gasteiger partial charge in [-0.3, -0.25) is 0 Å². The predicted molar refractivity (Wildman–Crippen MR) is 82.4 cm³/mol. The number of thiazole rings is 1. The molecule has 0 fully saturated rings. The van der Waals surface area contributed by atoms with Gasteiger partial charge in [0.1, 0.15) is 10.8 Å². The molecule has 1 heterocycles. The molecule has 3 nitrogen and oxygen atoms in total. The molecule has 1 aromatic heterocycles. The van der Waals surface area contributed by atoms with Crippen LogP contribution in [0, 0.1) is 0 Å². The van der Waals surface area contributed by atoms with E-state index in [-0.39, 0.29) is 6.04 Å². The zero-order valence-corrected chi connectivity index (χ0v) is 12.6. The SMILES string of the molecule is CCCOc1cccc(C(N)c2nc3c(s2)CCC3)c1. The van der Waals surface area contributed by atoms with Gasteiger partial charge in [-0.2, -0.15) is 0 Å². The van der Waals surface area contributed by atoms with Crippen molar-refractivity contribution in [3.8, 4) is 5.75 Å². The fraction of sp³-hybridized carbons (Fsp3) is 0.438. The molecule has 0 saturated heterocycles. The molecular formula is C16H20N2OS. The second kappa shape index (κ2) is 5.94. The monoisotopic (exact) mass is 288 g/mol. The first-order valence-corrected chi connectivity index (χ1v) is 8.06. The highest BCUT2D eigenvalue weighted by Gasteiger charge is 2.21. The highest BCUT2D eigenvalue weighted by Crippen LogP contribution is 2.32. The van der Waals surface area contributed by atoms with Crippen molar-refractivity contribution in [3.05, 3.63) is 45.4 Å². The topological polar surface area (TPSA) is 48.1 Å². The van der Waals surface area contributed by atoms with E-state index in [9.17, 15) is 0 Å². The molecule has 3 rings (SSSR count). The maximum absolute atomic E-state index is 6.37. The van der Waals surface area contributed by atoms with E-state index in [2.05, 4.69) is 13.0 Å². The summed E-state index contributed by atoms with van der Waals surface area (Å²) < 4.78 is 5.67. The fourth-order valence-electron chi connectivity index (χ4n) is 2.50. The summed E-state index contributed by atoms with van der Waals surface area (Å²) in [5.74, 6) is 0.892. The minimum Gasteiger partial charge on any atom is -0.494 e. The Kier molecular flexibility index (Phi) is 4.03. The van der Waals surface area contributed by atoms with Crippen LogP contribution < -0.4 is 10.5 Å². The maximum Gasteiger partial charge on any atom is 0.119 e. The first-order valence-electron chi connectivity index (χ1n) is 7.24. The lowest BCUT2D eigenvalue weighted by atomic mass is 10.1. The van der Waals surface area contributed by atoms with Crippen molar-refractivity contribution in [1.29, 1.82) is 0 Å². The molecule has 1 atom stereocenters. The summed E-state index contributed by atoms with van der Waals surface area (Å²) in [4.78, 5) is 6.14. The Morgan fingerprint density at radius 2 is 2.30 bits per heavy atom. The standard InChI is InChI=1S/C16H20N2OS/c1-2-9-19-12-6-3-5-11(10-12)15(17)16-18-13-7-4-8-14(13)20-16/h3,5-6,10,15H,2,4,7-9,17H2,1H3. The highest BCUT2D eigenvalue weighted by molar-refractivity contribution is 7.11. The van der Waals surface area contributed by atoms with Gasteiger partial charge < -0.3 is 10.5 Å². The number of benzene rings is 1. The van der Waals surface area contributed by atoms with E-state index in [1.165, 1.54) is 23.4 Å². The van der Waals surface area contributed by atoms with Crippen LogP contribution in [0.15, 0.2) is 24.3 Å². The molecule has 106 valence electrons. The zero-order chi connectivity index (χ0) is 13.9. The van der Waals surface area contributed by atoms with Crippen molar-refractivity contribution in [2.75, 3.05) is 6.61 Å². The van der Waals surface area contributed by atoms with E-state index in [0.29, 0.717) is 0 Å². The Morgan fingerprint density at radius 3 is 3.10 bits per heavy atom. The molecule has 0 aliphatic heterocycles. The fourth-order valence-corrected chi connectivity index (χ4v) is 3.69. The number of hydrogen-bond acceptors (Lipinski definition) is 4. The number of hydrogen-bond donors (Lipinski definition) is 1. The summed E-state index contributed by atoms with van der Waals surface area (Å²) >= 11 is 1.77. The Labute approximate surface area is 123 Å². The van der Waals surface area contributed by atoms with Crippen molar-refractivity contribution in [2.24, 2.45) is 5.73 Å². The van der Waals surface area contributed by atoms with Crippen LogP contribution >= 0.6 is 11.3 Å². The number of nitrogens with zero attached hydrogens (tertiary/aromatic N) is 1. The highest BCUT2D eigenvalue weighted by atomic mass is 32.1. The van der Waals surface area contributed by atoms with Crippen LogP contribution in [0.3, 0.4) is 0 Å². The minimum absolute atomic E-state index is 0.143. The van der Waals surface area contributed by atoms with Crippen LogP contribution in [-0.2, 0) is 12.8 Å². The molecule has 1 unspecified atom stereocenters. The molecule has 0 radical (unpaired) electrons. The summed E-state index contributed by atoms with van der Waals surface area (Å²) in [5, 5.41) is 1.03. The number of ether oxygens (including phenoxy) is 1. The van der Waals surface area contributed by atoms with E-state index in [1.54, 1.807) is 11.3 Å². The lowest BCUT2D eigenvalue weighted by Crippen LogP contribution is -2.12. The van der Waals surface area contributed by atoms with Gasteiger partial charge in [0.15, 0.2) is 0 Å². The number of aromatic nitrogens is 1. The van der Waals surface area contributed by atoms with Crippen molar-refractivity contribution in [2.45, 2.75) is 38.6 Å². The van der Waals surface area contributed by atoms with Gasteiger partial charge in [0, 0.05) is 4.88 Å². The van der Waals surface area contributed by atoms with Gasteiger partial charge in [0.25, 0.3) is 0 Å². The quantitative estimate of drug-likeness (QED) is 0.916. The maximum atomic E-state index is 6.37. The third-order valence-electron chi connectivity index (χ3n) is 3.57. The Morgan fingerprint density at radius 1 is 1.40 bits per heavy atom. The van der Waals surface area contributed by atoms with Crippen molar-refractivity contribution < 1.29 is 4.74 Å². The molecule has 20 heavy (non-hydrogen) atoms. The molecule has 1 aliphatic carbocycles. The zero-order valence-electron chi connectivity index (χ0n) is 11.8. The summed E-state index contributed by atoms with van der Waals surface area (Å²) in [6, 6.07) is 7.92. The second-order valence-electron chi connectivity index (χ2n) is 5.17. The molecule has 2 aromatic rings. The summed E-state index contributed by atoms with van der Waals surface area (Å²) in [6.07, 6.45) is 4.52. The lowest BCUT2D eigenvalue weighted by Gasteiger charge is -2.11. The number of nitrogens with two attached hydrogens (primary N) is 1. The van der Waals surface area contributed by atoms with Gasteiger partial charge in [0.05, 0.1) is 18.3 Å². The van der Waals surface area contributed by atoms with E-state index < -0.39 is 0 Å². The largest absolute Gasteiger partial charge is 0.494 e. The average Bonchev–Trinajstić information content (AvgIpc) is 3.06. The number of aryl methyl sites for hydroxylation is 2. The van der Waals surface area contributed by atoms with Gasteiger partial charge in [-0.15, -0.1) is 11.3 Å². The third kappa shape index (κ3) is 2.72. The van der Waals surface area contributed by atoms with Crippen molar-refractivity contribution in [1.82, 2.24) is 4.98 Å². The van der Waals surface area contributed by atoms with E-state index >= 15 is 0 Å². The Balaban J connectivity index is 1.80. The van der Waals surface area contributed by atoms with E-state index in [1.807, 2.05) is 18.2 Å². The van der Waals surface area contributed by atoms with Gasteiger partial charge in [0.2, 0.25) is 0 Å². The molecular weight excluding hydrogens is 268 g/mol. The molecule has 0 spiro atoms. The molecule has 4 heteroatoms. The molecule has 2 N–H and O–H groups in total. The molecule has 0 saturated carbocycles. The summed E-state index contributed by atoms with van der Waals surface area (Å²) in [5.41, 5.74) is 8.71. The minimum atomic E-state index is -0.143. The normalized spacial score (nSPS) is 15.1. The first-order chi connectivity index (χ1) is 9.78.